The van der Waals surface area contributed by atoms with Gasteiger partial charge in [0.1, 0.15) is 18.5 Å². The predicted molar refractivity (Wildman–Crippen MR) is 100 cm³/mol. The van der Waals surface area contributed by atoms with Crippen LogP contribution in [0.25, 0.3) is 11.3 Å². The molecule has 1 aliphatic rings. The van der Waals surface area contributed by atoms with E-state index in [1.54, 1.807) is 35.3 Å². The highest BCUT2D eigenvalue weighted by atomic mass is 19.1. The van der Waals surface area contributed by atoms with Crippen LogP contribution in [0.15, 0.2) is 49.3 Å². The summed E-state index contributed by atoms with van der Waals surface area (Å²) in [6.45, 7) is 1.34. The van der Waals surface area contributed by atoms with Crippen molar-refractivity contribution in [2.45, 2.75) is 12.5 Å². The molecule has 0 aliphatic carbocycles. The molecule has 29 heavy (non-hydrogen) atoms. The van der Waals surface area contributed by atoms with Gasteiger partial charge in [0.25, 0.3) is 5.91 Å². The summed E-state index contributed by atoms with van der Waals surface area (Å²) >= 11 is 0. The van der Waals surface area contributed by atoms with E-state index < -0.39 is 0 Å². The third-order valence-electron chi connectivity index (χ3n) is 4.81. The third kappa shape index (κ3) is 3.26. The highest BCUT2D eigenvalue weighted by Crippen LogP contribution is 2.21. The molecule has 5 rings (SSSR count). The van der Waals surface area contributed by atoms with Crippen molar-refractivity contribution in [3.05, 3.63) is 61.0 Å². The van der Waals surface area contributed by atoms with Crippen molar-refractivity contribution >= 4 is 17.4 Å². The van der Waals surface area contributed by atoms with E-state index in [0.717, 1.165) is 18.8 Å². The molecule has 1 saturated heterocycles. The van der Waals surface area contributed by atoms with Crippen molar-refractivity contribution in [2.75, 3.05) is 18.0 Å². The molecule has 4 aromatic rings. The lowest BCUT2D eigenvalue weighted by molar-refractivity contribution is 0.0930. The van der Waals surface area contributed by atoms with Gasteiger partial charge in [0.05, 0.1) is 5.69 Å². The third-order valence-corrected chi connectivity index (χ3v) is 4.81. The number of rotatable bonds is 4. The number of nitrogens with zero attached hydrogens (tertiary/aromatic N) is 8. The fourth-order valence-electron chi connectivity index (χ4n) is 3.37. The molecule has 1 fully saturated rings. The van der Waals surface area contributed by atoms with Gasteiger partial charge in [-0.3, -0.25) is 9.20 Å². The molecule has 0 bridgehead atoms. The molecule has 3 aromatic heterocycles. The van der Waals surface area contributed by atoms with Crippen molar-refractivity contribution in [1.82, 2.24) is 39.7 Å². The minimum Gasteiger partial charge on any atom is -0.351 e. The molecule has 1 atom stereocenters. The van der Waals surface area contributed by atoms with Crippen molar-refractivity contribution < 1.29 is 9.18 Å². The number of halogens is 1. The highest BCUT2D eigenvalue weighted by molar-refractivity contribution is 5.90. The zero-order chi connectivity index (χ0) is 19.8. The maximum atomic E-state index is 13.1. The standard InChI is InChI=1S/C18H16FN9O/c19-12-1-3-14(4-2-12)28-10-21-15(25-28)18(29)23-13-5-7-26(9-13)16-17-24-22-11-27(17)8-6-20-16/h1-4,6,8,10-11,13H,5,7,9H2,(H,23,29)/t13-/m0/s1. The maximum Gasteiger partial charge on any atom is 0.291 e. The quantitative estimate of drug-likeness (QED) is 0.548. The van der Waals surface area contributed by atoms with E-state index in [9.17, 15) is 9.18 Å². The van der Waals surface area contributed by atoms with Gasteiger partial charge < -0.3 is 10.2 Å². The van der Waals surface area contributed by atoms with Crippen molar-refractivity contribution in [1.29, 1.82) is 0 Å². The second-order valence-corrected chi connectivity index (χ2v) is 6.71. The zero-order valence-electron chi connectivity index (χ0n) is 15.2. The van der Waals surface area contributed by atoms with Crippen molar-refractivity contribution in [3.8, 4) is 5.69 Å². The predicted octanol–water partition coefficient (Wildman–Crippen LogP) is 0.853. The Bertz CT molecular complexity index is 1170. The lowest BCUT2D eigenvalue weighted by Crippen LogP contribution is -2.37. The van der Waals surface area contributed by atoms with Crippen molar-refractivity contribution in [3.63, 3.8) is 0 Å². The van der Waals surface area contributed by atoms with Gasteiger partial charge in [-0.05, 0) is 30.7 Å². The number of carbonyl (C=O) groups excluding carboxylic acids is 1. The molecule has 11 heteroatoms. The molecule has 1 N–H and O–H groups in total. The van der Waals surface area contributed by atoms with Crippen LogP contribution in [0.4, 0.5) is 10.2 Å². The average molecular weight is 393 g/mol. The molecule has 0 unspecified atom stereocenters. The van der Waals surface area contributed by atoms with E-state index in [2.05, 4.69) is 35.5 Å². The Morgan fingerprint density at radius 2 is 2.03 bits per heavy atom. The summed E-state index contributed by atoms with van der Waals surface area (Å²) in [4.78, 5) is 23.1. The van der Waals surface area contributed by atoms with E-state index in [1.807, 2.05) is 0 Å². The van der Waals surface area contributed by atoms with Crippen LogP contribution in [0.2, 0.25) is 0 Å². The smallest absolute Gasteiger partial charge is 0.291 e. The Morgan fingerprint density at radius 3 is 2.90 bits per heavy atom. The number of benzene rings is 1. The second kappa shape index (κ2) is 6.93. The number of aromatic nitrogens is 7. The van der Waals surface area contributed by atoms with Gasteiger partial charge in [-0.15, -0.1) is 15.3 Å². The Balaban J connectivity index is 1.26. The van der Waals surface area contributed by atoms with E-state index in [1.165, 1.54) is 23.1 Å². The van der Waals surface area contributed by atoms with Crippen LogP contribution >= 0.6 is 0 Å². The van der Waals surface area contributed by atoms with Crippen LogP contribution in [0, 0.1) is 5.82 Å². The number of carbonyl (C=O) groups is 1. The van der Waals surface area contributed by atoms with Gasteiger partial charge in [-0.2, -0.15) is 0 Å². The molecule has 0 radical (unpaired) electrons. The number of nitrogens with one attached hydrogen (secondary N) is 1. The molecule has 0 spiro atoms. The first kappa shape index (κ1) is 17.2. The molecular formula is C18H16FN9O. The second-order valence-electron chi connectivity index (χ2n) is 6.71. The topological polar surface area (TPSA) is 106 Å². The summed E-state index contributed by atoms with van der Waals surface area (Å²) < 4.78 is 16.3. The molecule has 1 aromatic carbocycles. The summed E-state index contributed by atoms with van der Waals surface area (Å²) in [5, 5.41) is 15.2. The fraction of sp³-hybridized carbons (Fsp3) is 0.222. The van der Waals surface area contributed by atoms with Crippen LogP contribution in [0.1, 0.15) is 17.0 Å². The molecule has 4 heterocycles. The molecule has 10 nitrogen and oxygen atoms in total. The Kier molecular flexibility index (Phi) is 4.12. The summed E-state index contributed by atoms with van der Waals surface area (Å²) in [6.07, 6.45) is 7.31. The summed E-state index contributed by atoms with van der Waals surface area (Å²) in [5.74, 6) is 0.103. The van der Waals surface area contributed by atoms with E-state index in [-0.39, 0.29) is 23.6 Å². The summed E-state index contributed by atoms with van der Waals surface area (Å²) in [7, 11) is 0. The van der Waals surface area contributed by atoms with Gasteiger partial charge in [0.15, 0.2) is 5.82 Å². The SMILES string of the molecule is O=C(N[C@H]1CCN(c2nccn3cnnc23)C1)c1ncn(-c2ccc(F)cc2)n1. The fourth-order valence-corrected chi connectivity index (χ4v) is 3.37. The number of fused-ring (bicyclic) bond motifs is 1. The molecule has 0 saturated carbocycles. The minimum absolute atomic E-state index is 0.0606. The lowest BCUT2D eigenvalue weighted by atomic mass is 10.2. The first-order valence-corrected chi connectivity index (χ1v) is 9.05. The Hall–Kier alpha value is -3.89. The Labute approximate surface area is 164 Å². The van der Waals surface area contributed by atoms with Crippen LogP contribution in [-0.4, -0.2) is 59.4 Å². The van der Waals surface area contributed by atoms with Crippen LogP contribution in [-0.2, 0) is 0 Å². The van der Waals surface area contributed by atoms with Crippen LogP contribution in [0.5, 0.6) is 0 Å². The highest BCUT2D eigenvalue weighted by Gasteiger charge is 2.28. The number of hydrogen-bond acceptors (Lipinski definition) is 7. The normalized spacial score (nSPS) is 16.4. The maximum absolute atomic E-state index is 13.1. The first-order valence-electron chi connectivity index (χ1n) is 9.05. The molecule has 1 amide bonds. The van der Waals surface area contributed by atoms with Crippen LogP contribution in [0.3, 0.4) is 0 Å². The molecule has 146 valence electrons. The van der Waals surface area contributed by atoms with Gasteiger partial charge >= 0.3 is 0 Å². The monoisotopic (exact) mass is 393 g/mol. The average Bonchev–Trinajstić information content (AvgIpc) is 3.48. The first-order chi connectivity index (χ1) is 14.2. The molecule has 1 aliphatic heterocycles. The summed E-state index contributed by atoms with van der Waals surface area (Å²) in [5.41, 5.74) is 1.30. The lowest BCUT2D eigenvalue weighted by Gasteiger charge is -2.17. The number of amides is 1. The summed E-state index contributed by atoms with van der Waals surface area (Å²) in [6, 6.07) is 5.73. The number of anilines is 1. The van der Waals surface area contributed by atoms with E-state index in [0.29, 0.717) is 17.9 Å². The minimum atomic E-state index is -0.355. The largest absolute Gasteiger partial charge is 0.351 e. The van der Waals surface area contributed by atoms with E-state index in [4.69, 9.17) is 0 Å². The van der Waals surface area contributed by atoms with Crippen molar-refractivity contribution in [2.24, 2.45) is 0 Å². The zero-order valence-corrected chi connectivity index (χ0v) is 15.2. The van der Waals surface area contributed by atoms with Gasteiger partial charge in [0.2, 0.25) is 11.5 Å². The van der Waals surface area contributed by atoms with Crippen LogP contribution < -0.4 is 10.2 Å². The molecular weight excluding hydrogens is 377 g/mol. The van der Waals surface area contributed by atoms with Gasteiger partial charge in [-0.25, -0.2) is 19.0 Å². The van der Waals surface area contributed by atoms with E-state index >= 15 is 0 Å². The van der Waals surface area contributed by atoms with Gasteiger partial charge in [0, 0.05) is 31.5 Å². The van der Waals surface area contributed by atoms with Gasteiger partial charge in [-0.1, -0.05) is 0 Å². The Morgan fingerprint density at radius 1 is 1.17 bits per heavy atom. The number of hydrogen-bond donors (Lipinski definition) is 1.